The Labute approximate surface area is 108 Å². The van der Waals surface area contributed by atoms with Gasteiger partial charge in [0.05, 0.1) is 0 Å². The number of nitrogens with zero attached hydrogens (tertiary/aromatic N) is 3. The number of anilines is 2. The predicted molar refractivity (Wildman–Crippen MR) is 71.2 cm³/mol. The van der Waals surface area contributed by atoms with E-state index in [4.69, 9.17) is 5.73 Å². The van der Waals surface area contributed by atoms with Crippen LogP contribution < -0.4 is 16.7 Å². The van der Waals surface area contributed by atoms with Gasteiger partial charge in [0.1, 0.15) is 12.1 Å². The van der Waals surface area contributed by atoms with Crippen LogP contribution >= 0.6 is 0 Å². The normalized spacial score (nSPS) is 10.8. The summed E-state index contributed by atoms with van der Waals surface area (Å²) >= 11 is 0. The van der Waals surface area contributed by atoms with Crippen LogP contribution in [0, 0.1) is 0 Å². The number of hydrogen-bond acceptors (Lipinski definition) is 5. The van der Waals surface area contributed by atoms with Gasteiger partial charge < -0.3 is 11.1 Å². The van der Waals surface area contributed by atoms with Gasteiger partial charge in [-0.3, -0.25) is 0 Å². The SMILES string of the molecule is NCc1cccc(Nc2cc3n[nH]c(=O)n3cn2)c1. The molecule has 7 nitrogen and oxygen atoms in total. The smallest absolute Gasteiger partial charge is 0.340 e. The minimum atomic E-state index is -0.306. The summed E-state index contributed by atoms with van der Waals surface area (Å²) in [6.07, 6.45) is 1.43. The Morgan fingerprint density at radius 2 is 2.26 bits per heavy atom. The summed E-state index contributed by atoms with van der Waals surface area (Å²) in [7, 11) is 0. The topological polar surface area (TPSA) is 101 Å². The van der Waals surface area contributed by atoms with Crippen molar-refractivity contribution in [1.82, 2.24) is 19.6 Å². The monoisotopic (exact) mass is 256 g/mol. The van der Waals surface area contributed by atoms with Crippen LogP contribution in [0.25, 0.3) is 5.65 Å². The summed E-state index contributed by atoms with van der Waals surface area (Å²) in [5.41, 5.74) is 7.72. The van der Waals surface area contributed by atoms with E-state index in [9.17, 15) is 4.79 Å². The van der Waals surface area contributed by atoms with Gasteiger partial charge in [0.25, 0.3) is 0 Å². The van der Waals surface area contributed by atoms with Crippen LogP contribution in [-0.4, -0.2) is 19.6 Å². The molecule has 0 fully saturated rings. The number of fused-ring (bicyclic) bond motifs is 1. The highest BCUT2D eigenvalue weighted by molar-refractivity contribution is 5.60. The Balaban J connectivity index is 1.94. The number of hydrogen-bond donors (Lipinski definition) is 3. The van der Waals surface area contributed by atoms with Crippen molar-refractivity contribution in [2.75, 3.05) is 5.32 Å². The van der Waals surface area contributed by atoms with Crippen molar-refractivity contribution in [2.24, 2.45) is 5.73 Å². The highest BCUT2D eigenvalue weighted by Crippen LogP contribution is 2.16. The third kappa shape index (κ3) is 2.18. The molecule has 0 amide bonds. The molecule has 1 aromatic carbocycles. The van der Waals surface area contributed by atoms with Crippen molar-refractivity contribution in [3.63, 3.8) is 0 Å². The summed E-state index contributed by atoms with van der Waals surface area (Å²) in [5.74, 6) is 0.612. The zero-order valence-corrected chi connectivity index (χ0v) is 10.00. The predicted octanol–water partition coefficient (Wildman–Crippen LogP) is 0.620. The van der Waals surface area contributed by atoms with Gasteiger partial charge in [-0.15, -0.1) is 0 Å². The van der Waals surface area contributed by atoms with Crippen LogP contribution in [0.5, 0.6) is 0 Å². The number of aromatic amines is 1. The average molecular weight is 256 g/mol. The number of benzene rings is 1. The molecule has 0 aliphatic rings. The standard InChI is InChI=1S/C12H12N6O/c13-6-8-2-1-3-9(4-8)15-10-5-11-16-17-12(19)18(11)7-14-10/h1-5,7,15H,6,13H2,(H,17,19). The van der Waals surface area contributed by atoms with Gasteiger partial charge in [0, 0.05) is 18.3 Å². The first kappa shape index (κ1) is 11.4. The average Bonchev–Trinajstić information content (AvgIpc) is 2.80. The maximum Gasteiger partial charge on any atom is 0.348 e. The molecule has 0 radical (unpaired) electrons. The zero-order chi connectivity index (χ0) is 13.2. The maximum atomic E-state index is 11.3. The zero-order valence-electron chi connectivity index (χ0n) is 10.00. The lowest BCUT2D eigenvalue weighted by atomic mass is 10.2. The molecule has 0 bridgehead atoms. The second-order valence-corrected chi connectivity index (χ2v) is 4.06. The lowest BCUT2D eigenvalue weighted by molar-refractivity contribution is 0.998. The quantitative estimate of drug-likeness (QED) is 0.637. The molecule has 2 heterocycles. The summed E-state index contributed by atoms with van der Waals surface area (Å²) in [6, 6.07) is 9.43. The number of rotatable bonds is 3. The molecule has 0 aliphatic carbocycles. The van der Waals surface area contributed by atoms with Gasteiger partial charge in [-0.25, -0.2) is 19.3 Å². The van der Waals surface area contributed by atoms with Crippen molar-refractivity contribution < 1.29 is 0 Å². The van der Waals surface area contributed by atoms with Crippen LogP contribution in [0.1, 0.15) is 5.56 Å². The van der Waals surface area contributed by atoms with Crippen molar-refractivity contribution in [1.29, 1.82) is 0 Å². The first-order chi connectivity index (χ1) is 9.26. The molecule has 0 spiro atoms. The molecule has 0 saturated carbocycles. The first-order valence-corrected chi connectivity index (χ1v) is 5.75. The second-order valence-electron chi connectivity index (χ2n) is 4.06. The van der Waals surface area contributed by atoms with Gasteiger partial charge in [0.2, 0.25) is 0 Å². The lowest BCUT2D eigenvalue weighted by Gasteiger charge is -2.06. The van der Waals surface area contributed by atoms with Crippen LogP contribution in [0.3, 0.4) is 0 Å². The Morgan fingerprint density at radius 3 is 3.11 bits per heavy atom. The Kier molecular flexibility index (Phi) is 2.73. The van der Waals surface area contributed by atoms with E-state index < -0.39 is 0 Å². The van der Waals surface area contributed by atoms with Crippen LogP contribution in [0.4, 0.5) is 11.5 Å². The minimum Gasteiger partial charge on any atom is -0.340 e. The fourth-order valence-electron chi connectivity index (χ4n) is 1.80. The van der Waals surface area contributed by atoms with Crippen molar-refractivity contribution in [2.45, 2.75) is 6.54 Å². The molecular formula is C12H12N6O. The van der Waals surface area contributed by atoms with Crippen LogP contribution in [0.15, 0.2) is 41.5 Å². The van der Waals surface area contributed by atoms with E-state index in [0.717, 1.165) is 11.3 Å². The Bertz CT molecular complexity index is 775. The molecule has 3 rings (SSSR count). The first-order valence-electron chi connectivity index (χ1n) is 5.75. The number of H-pyrrole nitrogens is 1. The highest BCUT2D eigenvalue weighted by Gasteiger charge is 2.03. The third-order valence-corrected chi connectivity index (χ3v) is 2.74. The molecule has 0 unspecified atom stereocenters. The molecular weight excluding hydrogens is 244 g/mol. The molecule has 4 N–H and O–H groups in total. The highest BCUT2D eigenvalue weighted by atomic mass is 16.1. The van der Waals surface area contributed by atoms with Gasteiger partial charge in [-0.05, 0) is 17.7 Å². The van der Waals surface area contributed by atoms with E-state index >= 15 is 0 Å². The molecule has 96 valence electrons. The Morgan fingerprint density at radius 1 is 1.37 bits per heavy atom. The third-order valence-electron chi connectivity index (χ3n) is 2.74. The van der Waals surface area contributed by atoms with Crippen LogP contribution in [0.2, 0.25) is 0 Å². The van der Waals surface area contributed by atoms with E-state index in [1.807, 2.05) is 24.3 Å². The van der Waals surface area contributed by atoms with E-state index in [0.29, 0.717) is 18.0 Å². The fourth-order valence-corrected chi connectivity index (χ4v) is 1.80. The van der Waals surface area contributed by atoms with E-state index in [-0.39, 0.29) is 5.69 Å². The number of nitrogens with two attached hydrogens (primary N) is 1. The van der Waals surface area contributed by atoms with Gasteiger partial charge in [0.15, 0.2) is 5.65 Å². The van der Waals surface area contributed by atoms with Gasteiger partial charge >= 0.3 is 5.69 Å². The van der Waals surface area contributed by atoms with E-state index in [1.54, 1.807) is 6.07 Å². The van der Waals surface area contributed by atoms with Crippen molar-refractivity contribution in [3.8, 4) is 0 Å². The number of nitrogens with one attached hydrogen (secondary N) is 2. The molecule has 7 heteroatoms. The number of aromatic nitrogens is 4. The summed E-state index contributed by atoms with van der Waals surface area (Å²) in [5, 5.41) is 9.38. The lowest BCUT2D eigenvalue weighted by Crippen LogP contribution is -2.09. The van der Waals surface area contributed by atoms with Gasteiger partial charge in [-0.1, -0.05) is 12.1 Å². The molecule has 0 atom stereocenters. The molecule has 3 aromatic rings. The summed E-state index contributed by atoms with van der Waals surface area (Å²) in [6.45, 7) is 0.483. The minimum absolute atomic E-state index is 0.306. The maximum absolute atomic E-state index is 11.3. The largest absolute Gasteiger partial charge is 0.348 e. The van der Waals surface area contributed by atoms with Crippen LogP contribution in [-0.2, 0) is 6.54 Å². The molecule has 2 aromatic heterocycles. The second kappa shape index (κ2) is 4.54. The molecule has 0 saturated heterocycles. The van der Waals surface area contributed by atoms with E-state index in [1.165, 1.54) is 10.7 Å². The summed E-state index contributed by atoms with van der Waals surface area (Å²) < 4.78 is 1.33. The Hall–Kier alpha value is -2.67. The van der Waals surface area contributed by atoms with E-state index in [2.05, 4.69) is 20.5 Å². The van der Waals surface area contributed by atoms with Crippen molar-refractivity contribution >= 4 is 17.2 Å². The molecule has 0 aliphatic heterocycles. The fraction of sp³-hybridized carbons (Fsp3) is 0.0833. The molecule has 19 heavy (non-hydrogen) atoms. The van der Waals surface area contributed by atoms with Crippen molar-refractivity contribution in [3.05, 3.63) is 52.7 Å². The summed E-state index contributed by atoms with van der Waals surface area (Å²) in [4.78, 5) is 15.5. The van der Waals surface area contributed by atoms with Gasteiger partial charge in [-0.2, -0.15) is 5.10 Å².